The number of rotatable bonds is 3. The third kappa shape index (κ3) is 2.07. The number of hydrogen-bond donors (Lipinski definition) is 4. The van der Waals surface area contributed by atoms with E-state index in [9.17, 15) is 19.8 Å². The molecule has 1 aliphatic heterocycles. The highest BCUT2D eigenvalue weighted by atomic mass is 16.6. The van der Waals surface area contributed by atoms with E-state index in [4.69, 9.17) is 15.6 Å². The maximum absolute atomic E-state index is 11.7. The van der Waals surface area contributed by atoms with Crippen LogP contribution in [0.2, 0.25) is 0 Å². The zero-order valence-corrected chi connectivity index (χ0v) is 9.76. The zero-order chi connectivity index (χ0) is 14.2. The van der Waals surface area contributed by atoms with Crippen molar-refractivity contribution >= 4 is 11.8 Å². The number of carboxylic acid groups (broad SMARTS) is 1. The standard InChI is InChI=1S/C10H13N3O6/c11-7-1-2-13(9(18)12-7)10(8(16)17)3-5(15)6(4-14)19-10/h1-2,5-6,14-15H,3-4H2,(H,16,17)(H2,11,12,18)/t5-,6+,10-/m0/s1. The molecule has 5 N–H and O–H groups in total. The molecule has 9 heteroatoms. The summed E-state index contributed by atoms with van der Waals surface area (Å²) < 4.78 is 5.90. The van der Waals surface area contributed by atoms with Crippen LogP contribution in [0.5, 0.6) is 0 Å². The SMILES string of the molecule is Nc1ccn([C@@]2(C(=O)O)C[C@H](O)[C@@H](CO)O2)c(=O)n1. The fourth-order valence-corrected chi connectivity index (χ4v) is 2.04. The van der Waals surface area contributed by atoms with E-state index in [2.05, 4.69) is 4.98 Å². The molecule has 3 atom stereocenters. The van der Waals surface area contributed by atoms with E-state index < -0.39 is 36.2 Å². The van der Waals surface area contributed by atoms with E-state index in [1.165, 1.54) is 6.07 Å². The highest BCUT2D eigenvalue weighted by Crippen LogP contribution is 2.34. The van der Waals surface area contributed by atoms with Crippen molar-refractivity contribution in [1.82, 2.24) is 9.55 Å². The summed E-state index contributed by atoms with van der Waals surface area (Å²) in [4.78, 5) is 26.6. The van der Waals surface area contributed by atoms with Crippen molar-refractivity contribution in [1.29, 1.82) is 0 Å². The lowest BCUT2D eigenvalue weighted by Crippen LogP contribution is -2.48. The minimum absolute atomic E-state index is 0.0564. The lowest BCUT2D eigenvalue weighted by molar-refractivity contribution is -0.182. The highest BCUT2D eigenvalue weighted by molar-refractivity contribution is 5.75. The van der Waals surface area contributed by atoms with E-state index >= 15 is 0 Å². The number of aromatic nitrogens is 2. The quantitative estimate of drug-likeness (QED) is 0.480. The molecule has 0 saturated carbocycles. The van der Waals surface area contributed by atoms with Crippen LogP contribution < -0.4 is 11.4 Å². The van der Waals surface area contributed by atoms with Gasteiger partial charge in [0.15, 0.2) is 0 Å². The number of aliphatic carboxylic acids is 1. The molecule has 0 radical (unpaired) electrons. The largest absolute Gasteiger partial charge is 0.478 e. The summed E-state index contributed by atoms with van der Waals surface area (Å²) in [6, 6.07) is 1.24. The number of carboxylic acids is 1. The highest BCUT2D eigenvalue weighted by Gasteiger charge is 2.53. The first-order valence-electron chi connectivity index (χ1n) is 5.46. The normalized spacial score (nSPS) is 30.4. The lowest BCUT2D eigenvalue weighted by atomic mass is 10.1. The summed E-state index contributed by atoms with van der Waals surface area (Å²) in [6.45, 7) is -0.562. The number of aliphatic hydroxyl groups is 2. The number of aliphatic hydroxyl groups excluding tert-OH is 2. The molecule has 0 aliphatic carbocycles. The van der Waals surface area contributed by atoms with E-state index in [0.717, 1.165) is 10.8 Å². The Hall–Kier alpha value is -1.97. The second-order valence-electron chi connectivity index (χ2n) is 4.20. The van der Waals surface area contributed by atoms with Gasteiger partial charge in [0.25, 0.3) is 5.72 Å². The van der Waals surface area contributed by atoms with E-state index in [1.807, 2.05) is 0 Å². The van der Waals surface area contributed by atoms with Crippen LogP contribution in [0, 0.1) is 0 Å². The van der Waals surface area contributed by atoms with Crippen LogP contribution in [0.15, 0.2) is 17.1 Å². The molecule has 2 rings (SSSR count). The summed E-state index contributed by atoms with van der Waals surface area (Å²) in [5, 5.41) is 28.0. The second-order valence-corrected chi connectivity index (χ2v) is 4.20. The number of nitrogen functional groups attached to an aromatic ring is 1. The lowest BCUT2D eigenvalue weighted by Gasteiger charge is -2.25. The van der Waals surface area contributed by atoms with Crippen molar-refractivity contribution < 1.29 is 24.9 Å². The number of ether oxygens (including phenoxy) is 1. The smallest absolute Gasteiger partial charge is 0.358 e. The van der Waals surface area contributed by atoms with Crippen LogP contribution in [-0.4, -0.2) is 49.7 Å². The number of nitrogens with two attached hydrogens (primary N) is 1. The van der Waals surface area contributed by atoms with Crippen LogP contribution in [0.1, 0.15) is 6.42 Å². The molecule has 9 nitrogen and oxygen atoms in total. The van der Waals surface area contributed by atoms with Crippen molar-refractivity contribution in [3.63, 3.8) is 0 Å². The van der Waals surface area contributed by atoms with Gasteiger partial charge in [-0.3, -0.25) is 4.57 Å². The molecule has 0 bridgehead atoms. The molecular weight excluding hydrogens is 258 g/mol. The first-order valence-corrected chi connectivity index (χ1v) is 5.46. The van der Waals surface area contributed by atoms with Crippen LogP contribution in [0.4, 0.5) is 5.82 Å². The van der Waals surface area contributed by atoms with E-state index in [0.29, 0.717) is 0 Å². The van der Waals surface area contributed by atoms with Crippen LogP contribution in [0.25, 0.3) is 0 Å². The topological polar surface area (TPSA) is 148 Å². The zero-order valence-electron chi connectivity index (χ0n) is 9.76. The molecule has 0 amide bonds. The molecule has 0 spiro atoms. The third-order valence-corrected chi connectivity index (χ3v) is 2.99. The number of hydrogen-bond acceptors (Lipinski definition) is 7. The van der Waals surface area contributed by atoms with Gasteiger partial charge in [0.2, 0.25) is 0 Å². The summed E-state index contributed by atoms with van der Waals surface area (Å²) in [7, 11) is 0. The van der Waals surface area contributed by atoms with Crippen molar-refractivity contribution in [3.05, 3.63) is 22.7 Å². The molecule has 1 aromatic rings. The first-order chi connectivity index (χ1) is 8.90. The summed E-state index contributed by atoms with van der Waals surface area (Å²) >= 11 is 0. The minimum Gasteiger partial charge on any atom is -0.478 e. The van der Waals surface area contributed by atoms with Crippen molar-refractivity contribution in [3.8, 4) is 0 Å². The van der Waals surface area contributed by atoms with Crippen molar-refractivity contribution in [2.45, 2.75) is 24.4 Å². The molecular formula is C10H13N3O6. The first kappa shape index (κ1) is 13.5. The van der Waals surface area contributed by atoms with Crippen molar-refractivity contribution in [2.24, 2.45) is 0 Å². The van der Waals surface area contributed by atoms with Gasteiger partial charge in [-0.15, -0.1) is 0 Å². The summed E-state index contributed by atoms with van der Waals surface area (Å²) in [5.74, 6) is -1.52. The van der Waals surface area contributed by atoms with E-state index in [-0.39, 0.29) is 12.2 Å². The Bertz CT molecular complexity index is 558. The fourth-order valence-electron chi connectivity index (χ4n) is 2.04. The molecule has 1 aromatic heterocycles. The Morgan fingerprint density at radius 1 is 1.68 bits per heavy atom. The number of anilines is 1. The van der Waals surface area contributed by atoms with Gasteiger partial charge in [-0.05, 0) is 6.07 Å². The Kier molecular flexibility index (Phi) is 3.27. The van der Waals surface area contributed by atoms with Gasteiger partial charge in [-0.25, -0.2) is 9.59 Å². The van der Waals surface area contributed by atoms with Gasteiger partial charge in [0.05, 0.1) is 12.7 Å². The second kappa shape index (κ2) is 4.61. The average Bonchev–Trinajstić information content (AvgIpc) is 2.67. The molecule has 2 heterocycles. The van der Waals surface area contributed by atoms with Gasteiger partial charge in [0.1, 0.15) is 11.9 Å². The van der Waals surface area contributed by atoms with Gasteiger partial charge < -0.3 is 25.8 Å². The van der Waals surface area contributed by atoms with Gasteiger partial charge in [-0.2, -0.15) is 4.98 Å². The van der Waals surface area contributed by atoms with Gasteiger partial charge in [0, 0.05) is 12.6 Å². The number of nitrogens with zero attached hydrogens (tertiary/aromatic N) is 2. The Morgan fingerprint density at radius 2 is 2.37 bits per heavy atom. The summed E-state index contributed by atoms with van der Waals surface area (Å²) in [5.41, 5.74) is 2.32. The molecule has 1 saturated heterocycles. The average molecular weight is 271 g/mol. The maximum atomic E-state index is 11.7. The molecule has 1 aliphatic rings. The molecule has 104 valence electrons. The Labute approximate surface area is 106 Å². The van der Waals surface area contributed by atoms with Crippen LogP contribution in [-0.2, 0) is 15.3 Å². The van der Waals surface area contributed by atoms with Gasteiger partial charge >= 0.3 is 11.7 Å². The maximum Gasteiger partial charge on any atom is 0.358 e. The fraction of sp³-hybridized carbons (Fsp3) is 0.500. The van der Waals surface area contributed by atoms with Crippen LogP contribution >= 0.6 is 0 Å². The molecule has 1 fully saturated rings. The minimum atomic E-state index is -2.09. The van der Waals surface area contributed by atoms with E-state index in [1.54, 1.807) is 0 Å². The number of carbonyl (C=O) groups is 1. The summed E-state index contributed by atoms with van der Waals surface area (Å²) in [6.07, 6.45) is -1.53. The Balaban J connectivity index is 2.53. The Morgan fingerprint density at radius 3 is 2.84 bits per heavy atom. The monoisotopic (exact) mass is 271 g/mol. The molecule has 19 heavy (non-hydrogen) atoms. The predicted octanol–water partition coefficient (Wildman–Crippen LogP) is -2.29. The van der Waals surface area contributed by atoms with Crippen LogP contribution in [0.3, 0.4) is 0 Å². The molecule has 0 aromatic carbocycles. The predicted molar refractivity (Wildman–Crippen MR) is 61.1 cm³/mol. The molecule has 0 unspecified atom stereocenters. The van der Waals surface area contributed by atoms with Gasteiger partial charge in [-0.1, -0.05) is 0 Å². The van der Waals surface area contributed by atoms with Crippen molar-refractivity contribution in [2.75, 3.05) is 12.3 Å². The third-order valence-electron chi connectivity index (χ3n) is 2.99.